The summed E-state index contributed by atoms with van der Waals surface area (Å²) in [4.78, 5) is 0. The Kier molecular flexibility index (Phi) is 3.22. The lowest BCUT2D eigenvalue weighted by Crippen LogP contribution is -2.04. The van der Waals surface area contributed by atoms with E-state index in [-0.39, 0.29) is 0 Å². The molecule has 0 bridgehead atoms. The second kappa shape index (κ2) is 4.53. The smallest absolute Gasteiger partial charge is 0.398 e. The van der Waals surface area contributed by atoms with Gasteiger partial charge in [0.25, 0.3) is 0 Å². The van der Waals surface area contributed by atoms with Crippen LogP contribution in [0.2, 0.25) is 5.02 Å². The van der Waals surface area contributed by atoms with Gasteiger partial charge in [-0.2, -0.15) is 13.2 Å². The van der Waals surface area contributed by atoms with Crippen molar-refractivity contribution in [2.75, 3.05) is 5.73 Å². The molecule has 0 aliphatic heterocycles. The van der Waals surface area contributed by atoms with Crippen LogP contribution in [0.5, 0.6) is 0 Å². The van der Waals surface area contributed by atoms with Gasteiger partial charge in [0.1, 0.15) is 0 Å². The summed E-state index contributed by atoms with van der Waals surface area (Å²) in [7, 11) is 0. The highest BCUT2D eigenvalue weighted by atomic mass is 35.5. The van der Waals surface area contributed by atoms with Crippen molar-refractivity contribution in [1.29, 1.82) is 0 Å². The summed E-state index contributed by atoms with van der Waals surface area (Å²) in [6.07, 6.45) is -4.38. The van der Waals surface area contributed by atoms with Gasteiger partial charge in [-0.1, -0.05) is 29.8 Å². The molecule has 2 aromatic rings. The molecule has 0 saturated heterocycles. The minimum atomic E-state index is -4.38. The molecule has 0 unspecified atom stereocenters. The minimum absolute atomic E-state index is 0.328. The van der Waals surface area contributed by atoms with Crippen molar-refractivity contribution in [2.45, 2.75) is 6.18 Å². The summed E-state index contributed by atoms with van der Waals surface area (Å²) in [5, 5.41) is 0.328. The van der Waals surface area contributed by atoms with E-state index in [1.165, 1.54) is 6.07 Å². The Morgan fingerprint density at radius 1 is 1.00 bits per heavy atom. The lowest BCUT2D eigenvalue weighted by molar-refractivity contribution is -0.137. The fourth-order valence-electron chi connectivity index (χ4n) is 1.70. The normalized spacial score (nSPS) is 11.6. The first-order valence-electron chi connectivity index (χ1n) is 5.11. The van der Waals surface area contributed by atoms with Crippen LogP contribution in [0.15, 0.2) is 42.5 Å². The maximum absolute atomic E-state index is 12.6. The second-order valence-corrected chi connectivity index (χ2v) is 4.19. The Morgan fingerprint density at radius 2 is 1.67 bits per heavy atom. The summed E-state index contributed by atoms with van der Waals surface area (Å²) in [6, 6.07) is 9.77. The molecule has 94 valence electrons. The monoisotopic (exact) mass is 271 g/mol. The number of hydrogen-bond donors (Lipinski definition) is 1. The zero-order chi connectivity index (χ0) is 13.3. The van der Waals surface area contributed by atoms with Crippen molar-refractivity contribution in [1.82, 2.24) is 0 Å². The number of hydrogen-bond acceptors (Lipinski definition) is 1. The molecule has 2 aromatic carbocycles. The van der Waals surface area contributed by atoms with Crippen LogP contribution in [0, 0.1) is 0 Å². The molecule has 0 aliphatic carbocycles. The Hall–Kier alpha value is -1.68. The SMILES string of the molecule is Nc1cccc(Cl)c1-c1cccc(C(F)(F)F)c1. The number of nitrogens with two attached hydrogens (primary N) is 1. The summed E-state index contributed by atoms with van der Waals surface area (Å²) in [5.41, 5.74) is 6.15. The van der Waals surface area contributed by atoms with Gasteiger partial charge < -0.3 is 5.73 Å². The highest BCUT2D eigenvalue weighted by molar-refractivity contribution is 6.34. The fraction of sp³-hybridized carbons (Fsp3) is 0.0769. The standard InChI is InChI=1S/C13H9ClF3N/c14-10-5-2-6-11(18)12(10)8-3-1-4-9(7-8)13(15,16)17/h1-7H,18H2. The third-order valence-corrected chi connectivity index (χ3v) is 2.84. The second-order valence-electron chi connectivity index (χ2n) is 3.78. The van der Waals surface area contributed by atoms with Crippen LogP contribution in [-0.2, 0) is 6.18 Å². The first kappa shape index (κ1) is 12.8. The van der Waals surface area contributed by atoms with Crippen molar-refractivity contribution in [3.8, 4) is 11.1 Å². The van der Waals surface area contributed by atoms with E-state index in [4.69, 9.17) is 17.3 Å². The predicted molar refractivity (Wildman–Crippen MR) is 66.3 cm³/mol. The van der Waals surface area contributed by atoms with Gasteiger partial charge in [-0.15, -0.1) is 0 Å². The average molecular weight is 272 g/mol. The van der Waals surface area contributed by atoms with E-state index >= 15 is 0 Å². The van der Waals surface area contributed by atoms with Crippen LogP contribution in [0.3, 0.4) is 0 Å². The zero-order valence-electron chi connectivity index (χ0n) is 9.13. The van der Waals surface area contributed by atoms with Gasteiger partial charge in [0, 0.05) is 11.3 Å². The van der Waals surface area contributed by atoms with E-state index in [1.807, 2.05) is 0 Å². The summed E-state index contributed by atoms with van der Waals surface area (Å²) in [6.45, 7) is 0. The van der Waals surface area contributed by atoms with Gasteiger partial charge >= 0.3 is 6.18 Å². The van der Waals surface area contributed by atoms with Crippen LogP contribution in [0.1, 0.15) is 5.56 Å². The quantitative estimate of drug-likeness (QED) is 0.753. The van der Waals surface area contributed by atoms with E-state index in [0.717, 1.165) is 12.1 Å². The Labute approximate surface area is 107 Å². The van der Waals surface area contributed by atoms with Crippen LogP contribution in [0.4, 0.5) is 18.9 Å². The van der Waals surface area contributed by atoms with Crippen molar-refractivity contribution in [2.24, 2.45) is 0 Å². The summed E-state index contributed by atoms with van der Waals surface area (Å²) < 4.78 is 37.9. The van der Waals surface area contributed by atoms with Crippen LogP contribution >= 0.6 is 11.6 Å². The molecule has 18 heavy (non-hydrogen) atoms. The number of halogens is 4. The Morgan fingerprint density at radius 3 is 2.28 bits per heavy atom. The summed E-state index contributed by atoms with van der Waals surface area (Å²) in [5.74, 6) is 0. The number of benzene rings is 2. The van der Waals surface area contributed by atoms with Crippen molar-refractivity contribution < 1.29 is 13.2 Å². The molecule has 0 aliphatic rings. The molecule has 0 spiro atoms. The first-order valence-corrected chi connectivity index (χ1v) is 5.49. The highest BCUT2D eigenvalue weighted by Crippen LogP contribution is 2.36. The molecule has 2 N–H and O–H groups in total. The zero-order valence-corrected chi connectivity index (χ0v) is 9.89. The summed E-state index contributed by atoms with van der Waals surface area (Å²) >= 11 is 5.97. The first-order chi connectivity index (χ1) is 8.39. The molecule has 0 aromatic heterocycles. The lowest BCUT2D eigenvalue weighted by atomic mass is 10.0. The molecule has 2 rings (SSSR count). The number of rotatable bonds is 1. The van der Waals surface area contributed by atoms with Crippen molar-refractivity contribution in [3.63, 3.8) is 0 Å². The third kappa shape index (κ3) is 2.43. The molecular formula is C13H9ClF3N. The minimum Gasteiger partial charge on any atom is -0.398 e. The number of nitrogen functional groups attached to an aromatic ring is 1. The van der Waals surface area contributed by atoms with Gasteiger partial charge in [-0.25, -0.2) is 0 Å². The Balaban J connectivity index is 2.59. The van der Waals surface area contributed by atoms with Crippen molar-refractivity contribution >= 4 is 17.3 Å². The molecular weight excluding hydrogens is 263 g/mol. The van der Waals surface area contributed by atoms with Crippen molar-refractivity contribution in [3.05, 3.63) is 53.1 Å². The fourth-order valence-corrected chi connectivity index (χ4v) is 1.99. The maximum Gasteiger partial charge on any atom is 0.416 e. The van der Waals surface area contributed by atoms with Gasteiger partial charge in [0.05, 0.1) is 10.6 Å². The van der Waals surface area contributed by atoms with Gasteiger partial charge in [-0.3, -0.25) is 0 Å². The van der Waals surface area contributed by atoms with E-state index in [1.54, 1.807) is 24.3 Å². The van der Waals surface area contributed by atoms with Crippen LogP contribution in [-0.4, -0.2) is 0 Å². The Bertz CT molecular complexity index is 558. The molecule has 0 fully saturated rings. The third-order valence-electron chi connectivity index (χ3n) is 2.52. The largest absolute Gasteiger partial charge is 0.416 e. The number of anilines is 1. The molecule has 0 radical (unpaired) electrons. The van der Waals surface area contributed by atoms with Gasteiger partial charge in [-0.05, 0) is 29.8 Å². The van der Waals surface area contributed by atoms with E-state index in [0.29, 0.717) is 21.8 Å². The van der Waals surface area contributed by atoms with Gasteiger partial charge in [0.2, 0.25) is 0 Å². The predicted octanol–water partition coefficient (Wildman–Crippen LogP) is 4.61. The maximum atomic E-state index is 12.6. The van der Waals surface area contributed by atoms with Crippen LogP contribution in [0.25, 0.3) is 11.1 Å². The average Bonchev–Trinajstić information content (AvgIpc) is 2.28. The van der Waals surface area contributed by atoms with Crippen LogP contribution < -0.4 is 5.73 Å². The molecule has 5 heteroatoms. The molecule has 0 atom stereocenters. The van der Waals surface area contributed by atoms with E-state index in [9.17, 15) is 13.2 Å². The van der Waals surface area contributed by atoms with E-state index in [2.05, 4.69) is 0 Å². The molecule has 0 saturated carbocycles. The highest BCUT2D eigenvalue weighted by Gasteiger charge is 2.30. The molecule has 0 amide bonds. The van der Waals surface area contributed by atoms with Gasteiger partial charge in [0.15, 0.2) is 0 Å². The number of alkyl halides is 3. The molecule has 0 heterocycles. The lowest BCUT2D eigenvalue weighted by Gasteiger charge is -2.11. The topological polar surface area (TPSA) is 26.0 Å². The molecule has 1 nitrogen and oxygen atoms in total. The van der Waals surface area contributed by atoms with E-state index < -0.39 is 11.7 Å².